The SMILES string of the molecule is CN(C(=O)CSc1ccccc1C(=O)NC1CCc2c(O)cccc21)C1CCCCC1. The number of nitrogens with one attached hydrogen (secondary N) is 1. The highest BCUT2D eigenvalue weighted by atomic mass is 32.2. The molecule has 2 aliphatic carbocycles. The number of hydrogen-bond donors (Lipinski definition) is 2. The van der Waals surface area contributed by atoms with Gasteiger partial charge in [-0.1, -0.05) is 43.5 Å². The normalized spacial score (nSPS) is 18.4. The lowest BCUT2D eigenvalue weighted by Crippen LogP contribution is -2.39. The molecule has 1 atom stereocenters. The Kier molecular flexibility index (Phi) is 6.86. The molecule has 0 bridgehead atoms. The number of benzene rings is 2. The summed E-state index contributed by atoms with van der Waals surface area (Å²) in [6, 6.07) is 13.2. The monoisotopic (exact) mass is 438 g/mol. The summed E-state index contributed by atoms with van der Waals surface area (Å²) in [5, 5.41) is 13.2. The Labute approximate surface area is 188 Å². The Bertz CT molecular complexity index is 956. The lowest BCUT2D eigenvalue weighted by atomic mass is 9.94. The second-order valence-electron chi connectivity index (χ2n) is 8.49. The Hall–Kier alpha value is -2.47. The summed E-state index contributed by atoms with van der Waals surface area (Å²) in [6.45, 7) is 0. The van der Waals surface area contributed by atoms with Crippen molar-refractivity contribution in [1.82, 2.24) is 10.2 Å². The average molecular weight is 439 g/mol. The lowest BCUT2D eigenvalue weighted by molar-refractivity contribution is -0.129. The molecule has 1 fully saturated rings. The molecule has 0 aromatic heterocycles. The van der Waals surface area contributed by atoms with Gasteiger partial charge in [0.15, 0.2) is 0 Å². The van der Waals surface area contributed by atoms with Crippen LogP contribution in [0.3, 0.4) is 0 Å². The molecule has 31 heavy (non-hydrogen) atoms. The number of nitrogens with zero attached hydrogens (tertiary/aromatic N) is 1. The minimum atomic E-state index is -0.141. The Morgan fingerprint density at radius 1 is 1.06 bits per heavy atom. The van der Waals surface area contributed by atoms with Crippen molar-refractivity contribution >= 4 is 23.6 Å². The summed E-state index contributed by atoms with van der Waals surface area (Å²) in [6.07, 6.45) is 7.36. The van der Waals surface area contributed by atoms with Crippen molar-refractivity contribution in [1.29, 1.82) is 0 Å². The Morgan fingerprint density at radius 3 is 2.65 bits per heavy atom. The van der Waals surface area contributed by atoms with Gasteiger partial charge in [0.1, 0.15) is 5.75 Å². The number of hydrogen-bond acceptors (Lipinski definition) is 4. The highest BCUT2D eigenvalue weighted by molar-refractivity contribution is 8.00. The molecule has 0 aliphatic heterocycles. The highest BCUT2D eigenvalue weighted by Crippen LogP contribution is 2.36. The average Bonchev–Trinajstić information content (AvgIpc) is 3.21. The smallest absolute Gasteiger partial charge is 0.252 e. The van der Waals surface area contributed by atoms with Crippen LogP contribution in [0.15, 0.2) is 47.4 Å². The first-order valence-corrected chi connectivity index (χ1v) is 12.1. The summed E-state index contributed by atoms with van der Waals surface area (Å²) in [4.78, 5) is 28.5. The van der Waals surface area contributed by atoms with Crippen LogP contribution in [-0.4, -0.2) is 40.7 Å². The van der Waals surface area contributed by atoms with Crippen molar-refractivity contribution < 1.29 is 14.7 Å². The second-order valence-corrected chi connectivity index (χ2v) is 9.51. The maximum Gasteiger partial charge on any atom is 0.252 e. The second kappa shape index (κ2) is 9.77. The number of thioether (sulfide) groups is 1. The van der Waals surface area contributed by atoms with Gasteiger partial charge in [0.05, 0.1) is 17.4 Å². The van der Waals surface area contributed by atoms with Gasteiger partial charge < -0.3 is 15.3 Å². The van der Waals surface area contributed by atoms with Gasteiger partial charge in [0.2, 0.25) is 5.91 Å². The molecule has 2 amide bonds. The predicted molar refractivity (Wildman–Crippen MR) is 123 cm³/mol. The largest absolute Gasteiger partial charge is 0.508 e. The van der Waals surface area contributed by atoms with Crippen molar-refractivity contribution in [3.63, 3.8) is 0 Å². The molecular formula is C25H30N2O3S. The van der Waals surface area contributed by atoms with E-state index in [1.165, 1.54) is 31.0 Å². The van der Waals surface area contributed by atoms with E-state index in [0.29, 0.717) is 23.1 Å². The number of rotatable bonds is 6. The van der Waals surface area contributed by atoms with Crippen molar-refractivity contribution in [2.75, 3.05) is 12.8 Å². The zero-order valence-corrected chi connectivity index (χ0v) is 18.8. The number of amides is 2. The molecule has 0 saturated heterocycles. The Balaban J connectivity index is 1.40. The van der Waals surface area contributed by atoms with Crippen LogP contribution in [0.1, 0.15) is 66.1 Å². The van der Waals surface area contributed by atoms with E-state index in [1.807, 2.05) is 48.3 Å². The van der Waals surface area contributed by atoms with Crippen LogP contribution < -0.4 is 5.32 Å². The zero-order valence-electron chi connectivity index (χ0n) is 18.0. The summed E-state index contributed by atoms with van der Waals surface area (Å²) < 4.78 is 0. The van der Waals surface area contributed by atoms with Crippen LogP contribution in [0, 0.1) is 0 Å². The molecule has 2 aromatic carbocycles. The summed E-state index contributed by atoms with van der Waals surface area (Å²) in [5.74, 6) is 0.604. The molecule has 1 saturated carbocycles. The molecule has 5 nitrogen and oxygen atoms in total. The predicted octanol–water partition coefficient (Wildman–Crippen LogP) is 4.69. The van der Waals surface area contributed by atoms with E-state index in [2.05, 4.69) is 5.32 Å². The summed E-state index contributed by atoms with van der Waals surface area (Å²) in [7, 11) is 1.91. The fraction of sp³-hybridized carbons (Fsp3) is 0.440. The van der Waals surface area contributed by atoms with Gasteiger partial charge in [-0.3, -0.25) is 9.59 Å². The number of phenolic OH excluding ortho intramolecular Hbond substituents is 1. The highest BCUT2D eigenvalue weighted by Gasteiger charge is 2.27. The maximum absolute atomic E-state index is 13.1. The molecule has 1 unspecified atom stereocenters. The van der Waals surface area contributed by atoms with Gasteiger partial charge in [-0.15, -0.1) is 11.8 Å². The third-order valence-electron chi connectivity index (χ3n) is 6.55. The van der Waals surface area contributed by atoms with E-state index in [9.17, 15) is 14.7 Å². The van der Waals surface area contributed by atoms with Gasteiger partial charge >= 0.3 is 0 Å². The molecule has 0 spiro atoms. The number of fused-ring (bicyclic) bond motifs is 1. The van der Waals surface area contributed by atoms with Gasteiger partial charge in [0.25, 0.3) is 5.91 Å². The molecule has 6 heteroatoms. The summed E-state index contributed by atoms with van der Waals surface area (Å²) in [5.41, 5.74) is 2.50. The Morgan fingerprint density at radius 2 is 1.84 bits per heavy atom. The van der Waals surface area contributed by atoms with E-state index in [4.69, 9.17) is 0 Å². The third-order valence-corrected chi connectivity index (χ3v) is 7.61. The van der Waals surface area contributed by atoms with Crippen LogP contribution >= 0.6 is 11.8 Å². The minimum absolute atomic E-state index is 0.105. The number of carbonyl (C=O) groups is 2. The molecule has 2 aliphatic rings. The van der Waals surface area contributed by atoms with Gasteiger partial charge in [-0.25, -0.2) is 0 Å². The van der Waals surface area contributed by atoms with Crippen LogP contribution in [0.25, 0.3) is 0 Å². The minimum Gasteiger partial charge on any atom is -0.508 e. The van der Waals surface area contributed by atoms with Crippen LogP contribution in [0.5, 0.6) is 5.75 Å². The molecule has 0 radical (unpaired) electrons. The molecule has 164 valence electrons. The van der Waals surface area contributed by atoms with Gasteiger partial charge in [0, 0.05) is 18.0 Å². The zero-order chi connectivity index (χ0) is 21.8. The number of aromatic hydroxyl groups is 1. The first kappa shape index (κ1) is 21.8. The summed E-state index contributed by atoms with van der Waals surface area (Å²) >= 11 is 1.43. The first-order chi connectivity index (χ1) is 15.0. The van der Waals surface area contributed by atoms with Crippen LogP contribution in [-0.2, 0) is 11.2 Å². The van der Waals surface area contributed by atoms with E-state index < -0.39 is 0 Å². The molecule has 0 heterocycles. The fourth-order valence-electron chi connectivity index (χ4n) is 4.71. The van der Waals surface area contributed by atoms with Crippen molar-refractivity contribution in [3.05, 3.63) is 59.2 Å². The van der Waals surface area contributed by atoms with Crippen molar-refractivity contribution in [3.8, 4) is 5.75 Å². The molecular weight excluding hydrogens is 408 g/mol. The van der Waals surface area contributed by atoms with E-state index in [1.54, 1.807) is 6.07 Å². The number of carbonyl (C=O) groups excluding carboxylic acids is 2. The number of phenols is 1. The van der Waals surface area contributed by atoms with Crippen LogP contribution in [0.2, 0.25) is 0 Å². The maximum atomic E-state index is 13.1. The van der Waals surface area contributed by atoms with Crippen molar-refractivity contribution in [2.24, 2.45) is 0 Å². The van der Waals surface area contributed by atoms with Crippen LogP contribution in [0.4, 0.5) is 0 Å². The lowest BCUT2D eigenvalue weighted by Gasteiger charge is -2.31. The molecule has 2 aromatic rings. The fourth-order valence-corrected chi connectivity index (χ4v) is 5.69. The molecule has 2 N–H and O–H groups in total. The van der Waals surface area contributed by atoms with Gasteiger partial charge in [-0.05, 0) is 55.0 Å². The van der Waals surface area contributed by atoms with Crippen molar-refractivity contribution in [2.45, 2.75) is 61.9 Å². The first-order valence-electron chi connectivity index (χ1n) is 11.1. The quantitative estimate of drug-likeness (QED) is 0.642. The topological polar surface area (TPSA) is 69.6 Å². The van der Waals surface area contributed by atoms with E-state index in [-0.39, 0.29) is 17.9 Å². The van der Waals surface area contributed by atoms with Gasteiger partial charge in [-0.2, -0.15) is 0 Å². The van der Waals surface area contributed by atoms with E-state index >= 15 is 0 Å². The third kappa shape index (κ3) is 4.90. The molecule has 4 rings (SSSR count). The standard InChI is InChI=1S/C25H30N2O3S/c1-27(17-8-3-2-4-9-17)24(29)16-31-23-13-6-5-10-20(23)25(30)26-21-15-14-19-18(21)11-7-12-22(19)28/h5-7,10-13,17,21,28H,2-4,8-9,14-16H2,1H3,(H,26,30). The van der Waals surface area contributed by atoms with E-state index in [0.717, 1.165) is 41.7 Å².